The number of carbonyl (C=O) groups is 1. The Bertz CT molecular complexity index is 457. The summed E-state index contributed by atoms with van der Waals surface area (Å²) in [5, 5.41) is 3.16. The zero-order valence-electron chi connectivity index (χ0n) is 12.0. The lowest BCUT2D eigenvalue weighted by Crippen LogP contribution is -2.40. The first-order chi connectivity index (χ1) is 10.1. The number of rotatable bonds is 5. The summed E-state index contributed by atoms with van der Waals surface area (Å²) < 4.78 is 28.4. The van der Waals surface area contributed by atoms with Gasteiger partial charge in [-0.3, -0.25) is 4.79 Å². The second-order valence-electron chi connectivity index (χ2n) is 5.20. The number of likely N-dealkylation sites (tertiary alicyclic amines) is 1. The van der Waals surface area contributed by atoms with Crippen LogP contribution in [0, 0.1) is 5.92 Å². The van der Waals surface area contributed by atoms with Crippen molar-refractivity contribution in [3.05, 3.63) is 29.8 Å². The summed E-state index contributed by atoms with van der Waals surface area (Å²) in [4.78, 5) is 14.1. The van der Waals surface area contributed by atoms with E-state index in [0.29, 0.717) is 11.5 Å². The molecule has 1 aromatic carbocycles. The number of halogens is 2. The largest absolute Gasteiger partial charge is 0.435 e. The van der Waals surface area contributed by atoms with Crippen molar-refractivity contribution in [1.82, 2.24) is 10.2 Å². The third-order valence-corrected chi connectivity index (χ3v) is 3.72. The fourth-order valence-electron chi connectivity index (χ4n) is 2.59. The number of ether oxygens (including phenoxy) is 1. The lowest BCUT2D eigenvalue weighted by molar-refractivity contribution is -0.0498. The van der Waals surface area contributed by atoms with Crippen molar-refractivity contribution in [3.8, 4) is 5.75 Å². The molecule has 2 rings (SSSR count). The van der Waals surface area contributed by atoms with Crippen LogP contribution in [0.4, 0.5) is 8.78 Å². The number of amides is 1. The van der Waals surface area contributed by atoms with Crippen LogP contribution in [-0.4, -0.2) is 44.1 Å². The molecular weight excluding hydrogens is 278 g/mol. The molecule has 1 fully saturated rings. The molecule has 1 aliphatic heterocycles. The number of carbonyl (C=O) groups excluding carboxylic acids is 1. The molecular formula is C15H20F2N2O2. The van der Waals surface area contributed by atoms with Gasteiger partial charge in [0.05, 0.1) is 0 Å². The summed E-state index contributed by atoms with van der Waals surface area (Å²) in [6.07, 6.45) is 1.97. The van der Waals surface area contributed by atoms with E-state index in [4.69, 9.17) is 0 Å². The number of hydrogen-bond acceptors (Lipinski definition) is 3. The molecule has 6 heteroatoms. The van der Waals surface area contributed by atoms with Crippen molar-refractivity contribution in [3.63, 3.8) is 0 Å². The second-order valence-corrected chi connectivity index (χ2v) is 5.20. The van der Waals surface area contributed by atoms with Gasteiger partial charge in [-0.05, 0) is 56.6 Å². The lowest BCUT2D eigenvalue weighted by atomic mass is 9.96. The molecule has 0 radical (unpaired) electrons. The molecule has 1 N–H and O–H groups in total. The minimum absolute atomic E-state index is 0.0542. The predicted octanol–water partition coefficient (Wildman–Crippen LogP) is 2.36. The van der Waals surface area contributed by atoms with Crippen molar-refractivity contribution in [1.29, 1.82) is 0 Å². The monoisotopic (exact) mass is 298 g/mol. The molecule has 4 nitrogen and oxygen atoms in total. The summed E-state index contributed by atoms with van der Waals surface area (Å²) >= 11 is 0. The molecule has 1 amide bonds. The number of hydrogen-bond donors (Lipinski definition) is 1. The van der Waals surface area contributed by atoms with Gasteiger partial charge in [-0.2, -0.15) is 8.78 Å². The fraction of sp³-hybridized carbons (Fsp3) is 0.533. The first-order valence-corrected chi connectivity index (χ1v) is 7.09. The average molecular weight is 298 g/mol. The standard InChI is InChI=1S/C15H20F2N2O2/c1-18-10-11-6-8-19(9-7-11)14(20)12-2-4-13(5-3-12)21-15(16)17/h2-5,11,15,18H,6-10H2,1H3. The van der Waals surface area contributed by atoms with Crippen LogP contribution in [0.1, 0.15) is 23.2 Å². The Morgan fingerprint density at radius 3 is 2.48 bits per heavy atom. The number of piperidine rings is 1. The van der Waals surface area contributed by atoms with Crippen LogP contribution in [0.2, 0.25) is 0 Å². The first kappa shape index (κ1) is 15.7. The van der Waals surface area contributed by atoms with Gasteiger partial charge in [0, 0.05) is 18.7 Å². The van der Waals surface area contributed by atoms with Crippen molar-refractivity contribution in [2.75, 3.05) is 26.7 Å². The fourth-order valence-corrected chi connectivity index (χ4v) is 2.59. The van der Waals surface area contributed by atoms with E-state index in [2.05, 4.69) is 10.1 Å². The van der Waals surface area contributed by atoms with Gasteiger partial charge in [-0.1, -0.05) is 0 Å². The van der Waals surface area contributed by atoms with Crippen LogP contribution in [0.5, 0.6) is 5.75 Å². The molecule has 1 aromatic rings. The van der Waals surface area contributed by atoms with Gasteiger partial charge in [-0.15, -0.1) is 0 Å². The Morgan fingerprint density at radius 2 is 1.95 bits per heavy atom. The molecule has 0 spiro atoms. The molecule has 116 valence electrons. The maximum atomic E-state index is 12.3. The Balaban J connectivity index is 1.91. The lowest BCUT2D eigenvalue weighted by Gasteiger charge is -2.32. The normalized spacial score (nSPS) is 16.3. The molecule has 0 aromatic heterocycles. The molecule has 21 heavy (non-hydrogen) atoms. The number of nitrogens with one attached hydrogen (secondary N) is 1. The summed E-state index contributed by atoms with van der Waals surface area (Å²) in [6.45, 7) is -0.402. The van der Waals surface area contributed by atoms with Crippen LogP contribution < -0.4 is 10.1 Å². The third kappa shape index (κ3) is 4.39. The Morgan fingerprint density at radius 1 is 1.33 bits per heavy atom. The predicted molar refractivity (Wildman–Crippen MR) is 75.6 cm³/mol. The molecule has 0 unspecified atom stereocenters. The van der Waals surface area contributed by atoms with Gasteiger partial charge in [0.15, 0.2) is 0 Å². The third-order valence-electron chi connectivity index (χ3n) is 3.72. The summed E-state index contributed by atoms with van der Waals surface area (Å²) in [5.41, 5.74) is 0.503. The van der Waals surface area contributed by atoms with Crippen LogP contribution in [0.25, 0.3) is 0 Å². The molecule has 1 heterocycles. The summed E-state index contributed by atoms with van der Waals surface area (Å²) in [6, 6.07) is 5.85. The highest BCUT2D eigenvalue weighted by molar-refractivity contribution is 5.94. The minimum Gasteiger partial charge on any atom is -0.435 e. The van der Waals surface area contributed by atoms with E-state index in [-0.39, 0.29) is 11.7 Å². The Labute approximate surface area is 123 Å². The van der Waals surface area contributed by atoms with Crippen LogP contribution in [-0.2, 0) is 0 Å². The van der Waals surface area contributed by atoms with E-state index >= 15 is 0 Å². The van der Waals surface area contributed by atoms with Gasteiger partial charge in [0.1, 0.15) is 5.75 Å². The van der Waals surface area contributed by atoms with Crippen molar-refractivity contribution in [2.24, 2.45) is 5.92 Å². The van der Waals surface area contributed by atoms with E-state index in [9.17, 15) is 13.6 Å². The highest BCUT2D eigenvalue weighted by Crippen LogP contribution is 2.20. The zero-order valence-corrected chi connectivity index (χ0v) is 12.0. The van der Waals surface area contributed by atoms with Gasteiger partial charge >= 0.3 is 6.61 Å². The van der Waals surface area contributed by atoms with Gasteiger partial charge < -0.3 is 15.0 Å². The zero-order chi connectivity index (χ0) is 15.2. The highest BCUT2D eigenvalue weighted by atomic mass is 19.3. The quantitative estimate of drug-likeness (QED) is 0.907. The summed E-state index contributed by atoms with van der Waals surface area (Å²) in [7, 11) is 1.93. The maximum absolute atomic E-state index is 12.3. The minimum atomic E-state index is -2.85. The van der Waals surface area contributed by atoms with Crippen LogP contribution in [0.3, 0.4) is 0 Å². The maximum Gasteiger partial charge on any atom is 0.387 e. The highest BCUT2D eigenvalue weighted by Gasteiger charge is 2.23. The molecule has 0 bridgehead atoms. The van der Waals surface area contributed by atoms with Crippen LogP contribution in [0.15, 0.2) is 24.3 Å². The molecule has 0 saturated carbocycles. The van der Waals surface area contributed by atoms with Gasteiger partial charge in [0.2, 0.25) is 0 Å². The van der Waals surface area contributed by atoms with E-state index in [1.54, 1.807) is 0 Å². The van der Waals surface area contributed by atoms with Gasteiger partial charge in [-0.25, -0.2) is 0 Å². The van der Waals surface area contributed by atoms with Gasteiger partial charge in [0.25, 0.3) is 5.91 Å². The van der Waals surface area contributed by atoms with Crippen molar-refractivity contribution in [2.45, 2.75) is 19.5 Å². The van der Waals surface area contributed by atoms with Crippen LogP contribution >= 0.6 is 0 Å². The van der Waals surface area contributed by atoms with E-state index in [1.807, 2.05) is 11.9 Å². The van der Waals surface area contributed by atoms with E-state index in [0.717, 1.165) is 32.5 Å². The molecule has 1 aliphatic rings. The number of alkyl halides is 2. The average Bonchev–Trinajstić information content (AvgIpc) is 2.48. The van der Waals surface area contributed by atoms with Crippen molar-refractivity contribution >= 4 is 5.91 Å². The van der Waals surface area contributed by atoms with Crippen molar-refractivity contribution < 1.29 is 18.3 Å². The molecule has 0 aliphatic carbocycles. The first-order valence-electron chi connectivity index (χ1n) is 7.09. The Hall–Kier alpha value is -1.69. The second kappa shape index (κ2) is 7.36. The number of benzene rings is 1. The molecule has 0 atom stereocenters. The summed E-state index contributed by atoms with van der Waals surface area (Å²) in [5.74, 6) is 0.622. The smallest absolute Gasteiger partial charge is 0.387 e. The molecule has 1 saturated heterocycles. The number of nitrogens with zero attached hydrogens (tertiary/aromatic N) is 1. The van der Waals surface area contributed by atoms with E-state index in [1.165, 1.54) is 24.3 Å². The topological polar surface area (TPSA) is 41.6 Å². The van der Waals surface area contributed by atoms with E-state index < -0.39 is 6.61 Å². The Kier molecular flexibility index (Phi) is 5.50. The SMILES string of the molecule is CNCC1CCN(C(=O)c2ccc(OC(F)F)cc2)CC1.